The third kappa shape index (κ3) is 2.69. The Hall–Kier alpha value is -1.18. The van der Waals surface area contributed by atoms with Crippen LogP contribution >= 0.6 is 24.2 Å². The van der Waals surface area contributed by atoms with Crippen LogP contribution in [0.1, 0.15) is 16.7 Å². The first-order valence-corrected chi connectivity index (χ1v) is 5.48. The Morgan fingerprint density at radius 3 is 2.81 bits per heavy atom. The number of esters is 1. The maximum atomic E-state index is 11.2. The van der Waals surface area contributed by atoms with Gasteiger partial charge in [0.2, 0.25) is 0 Å². The van der Waals surface area contributed by atoms with Gasteiger partial charge >= 0.3 is 5.97 Å². The second-order valence-electron chi connectivity index (χ2n) is 3.10. The minimum absolute atomic E-state index is 0.112. The number of benzene rings is 1. The van der Waals surface area contributed by atoms with Gasteiger partial charge in [-0.25, -0.2) is 0 Å². The van der Waals surface area contributed by atoms with E-state index in [1.165, 1.54) is 7.11 Å². The molecule has 5 heteroatoms. The monoisotopic (exact) mass is 255 g/mol. The highest BCUT2D eigenvalue weighted by Crippen LogP contribution is 2.23. The lowest BCUT2D eigenvalue weighted by Crippen LogP contribution is -2.07. The first-order chi connectivity index (χ1) is 7.63. The summed E-state index contributed by atoms with van der Waals surface area (Å²) < 4.78 is 4.57. The van der Waals surface area contributed by atoms with Gasteiger partial charge in [0, 0.05) is 10.8 Å². The first kappa shape index (κ1) is 12.9. The van der Waals surface area contributed by atoms with Crippen LogP contribution in [-0.2, 0) is 21.8 Å². The fraction of sp³-hybridized carbons (Fsp3) is 0.273. The molecule has 0 aliphatic carbocycles. The summed E-state index contributed by atoms with van der Waals surface area (Å²) in [4.78, 5) is 11.7. The van der Waals surface area contributed by atoms with Crippen LogP contribution < -0.4 is 0 Å². The SMILES string of the molecule is COC(=O)Cc1ccc(S)c(C#N)c1CCl. The molecule has 84 valence electrons. The molecule has 0 saturated carbocycles. The summed E-state index contributed by atoms with van der Waals surface area (Å²) in [6.07, 6.45) is 0.112. The van der Waals surface area contributed by atoms with E-state index in [-0.39, 0.29) is 18.3 Å². The Morgan fingerprint density at radius 2 is 2.31 bits per heavy atom. The largest absolute Gasteiger partial charge is 0.469 e. The molecule has 0 aliphatic rings. The van der Waals surface area contributed by atoms with Crippen molar-refractivity contribution in [3.05, 3.63) is 28.8 Å². The molecular formula is C11H10ClNO2S. The van der Waals surface area contributed by atoms with Gasteiger partial charge < -0.3 is 4.74 Å². The number of thiol groups is 1. The Balaban J connectivity index is 3.21. The lowest BCUT2D eigenvalue weighted by molar-refractivity contribution is -0.139. The maximum Gasteiger partial charge on any atom is 0.309 e. The number of nitriles is 1. The van der Waals surface area contributed by atoms with Crippen LogP contribution in [0.4, 0.5) is 0 Å². The normalized spacial score (nSPS) is 9.62. The Kier molecular flexibility index (Phi) is 4.66. The molecule has 0 unspecified atom stereocenters. The van der Waals surface area contributed by atoms with Crippen LogP contribution in [0, 0.1) is 11.3 Å². The summed E-state index contributed by atoms with van der Waals surface area (Å²) >= 11 is 9.94. The number of ether oxygens (including phenoxy) is 1. The quantitative estimate of drug-likeness (QED) is 0.512. The summed E-state index contributed by atoms with van der Waals surface area (Å²) in [7, 11) is 1.32. The van der Waals surface area contributed by atoms with Crippen LogP contribution in [-0.4, -0.2) is 13.1 Å². The molecule has 0 amide bonds. The van der Waals surface area contributed by atoms with Gasteiger partial charge in [-0.2, -0.15) is 5.26 Å². The molecule has 1 aromatic carbocycles. The maximum absolute atomic E-state index is 11.2. The van der Waals surface area contributed by atoms with Crippen molar-refractivity contribution in [1.29, 1.82) is 5.26 Å². The van der Waals surface area contributed by atoms with Gasteiger partial charge in [-0.3, -0.25) is 4.79 Å². The lowest BCUT2D eigenvalue weighted by atomic mass is 10.0. The highest BCUT2D eigenvalue weighted by Gasteiger charge is 2.13. The van der Waals surface area contributed by atoms with Gasteiger partial charge in [0.05, 0.1) is 19.1 Å². The number of rotatable bonds is 3. The van der Waals surface area contributed by atoms with Crippen LogP contribution in [0.2, 0.25) is 0 Å². The summed E-state index contributed by atoms with van der Waals surface area (Å²) in [5.74, 6) is -0.189. The summed E-state index contributed by atoms with van der Waals surface area (Å²) in [6, 6.07) is 5.44. The second kappa shape index (κ2) is 5.78. The highest BCUT2D eigenvalue weighted by atomic mass is 35.5. The molecule has 0 aromatic heterocycles. The van der Waals surface area contributed by atoms with E-state index < -0.39 is 0 Å². The van der Waals surface area contributed by atoms with E-state index in [1.54, 1.807) is 12.1 Å². The fourth-order valence-corrected chi connectivity index (χ4v) is 1.91. The third-order valence-corrected chi connectivity index (χ3v) is 2.84. The Bertz CT molecular complexity index is 454. The van der Waals surface area contributed by atoms with Crippen molar-refractivity contribution in [2.24, 2.45) is 0 Å². The number of methoxy groups -OCH3 is 1. The van der Waals surface area contributed by atoms with Crippen molar-refractivity contribution in [3.63, 3.8) is 0 Å². The fourth-order valence-electron chi connectivity index (χ4n) is 1.35. The molecule has 0 radical (unpaired) electrons. The summed E-state index contributed by atoms with van der Waals surface area (Å²) in [5.41, 5.74) is 1.76. The zero-order valence-electron chi connectivity index (χ0n) is 8.66. The van der Waals surface area contributed by atoms with E-state index >= 15 is 0 Å². The molecule has 16 heavy (non-hydrogen) atoms. The average Bonchev–Trinajstić information content (AvgIpc) is 2.30. The number of hydrogen-bond donors (Lipinski definition) is 1. The van der Waals surface area contributed by atoms with Gasteiger partial charge in [0.15, 0.2) is 0 Å². The van der Waals surface area contributed by atoms with Gasteiger partial charge in [0.25, 0.3) is 0 Å². The number of hydrogen-bond acceptors (Lipinski definition) is 4. The average molecular weight is 256 g/mol. The first-order valence-electron chi connectivity index (χ1n) is 4.50. The van der Waals surface area contributed by atoms with E-state index in [1.807, 2.05) is 6.07 Å². The van der Waals surface area contributed by atoms with E-state index in [9.17, 15) is 4.79 Å². The predicted molar refractivity (Wildman–Crippen MR) is 63.7 cm³/mol. The second-order valence-corrected chi connectivity index (χ2v) is 3.84. The molecule has 0 heterocycles. The van der Waals surface area contributed by atoms with Crippen molar-refractivity contribution in [1.82, 2.24) is 0 Å². The molecule has 0 bridgehead atoms. The van der Waals surface area contributed by atoms with E-state index in [0.717, 1.165) is 0 Å². The molecular weight excluding hydrogens is 246 g/mol. The Labute approximate surface area is 104 Å². The number of carbonyl (C=O) groups excluding carboxylic acids is 1. The van der Waals surface area contributed by atoms with Crippen molar-refractivity contribution in [3.8, 4) is 6.07 Å². The number of carbonyl (C=O) groups is 1. The van der Waals surface area contributed by atoms with Crippen molar-refractivity contribution in [2.75, 3.05) is 7.11 Å². The van der Waals surface area contributed by atoms with E-state index in [4.69, 9.17) is 16.9 Å². The smallest absolute Gasteiger partial charge is 0.309 e. The van der Waals surface area contributed by atoms with Gasteiger partial charge in [-0.15, -0.1) is 24.2 Å². The zero-order valence-corrected chi connectivity index (χ0v) is 10.3. The van der Waals surface area contributed by atoms with Crippen LogP contribution in [0.15, 0.2) is 17.0 Å². The lowest BCUT2D eigenvalue weighted by Gasteiger charge is -2.09. The van der Waals surface area contributed by atoms with Gasteiger partial charge in [-0.05, 0) is 17.2 Å². The molecule has 3 nitrogen and oxygen atoms in total. The molecule has 0 saturated heterocycles. The highest BCUT2D eigenvalue weighted by molar-refractivity contribution is 7.80. The van der Waals surface area contributed by atoms with Crippen LogP contribution in [0.25, 0.3) is 0 Å². The molecule has 1 rings (SSSR count). The standard InChI is InChI=1S/C11H10ClNO2S/c1-15-11(14)4-7-2-3-10(16)9(6-13)8(7)5-12/h2-3,16H,4-5H2,1H3. The van der Waals surface area contributed by atoms with E-state index in [2.05, 4.69) is 17.4 Å². The number of alkyl halides is 1. The Morgan fingerprint density at radius 1 is 1.62 bits per heavy atom. The zero-order chi connectivity index (χ0) is 12.1. The van der Waals surface area contributed by atoms with Gasteiger partial charge in [0.1, 0.15) is 6.07 Å². The van der Waals surface area contributed by atoms with Crippen LogP contribution in [0.5, 0.6) is 0 Å². The third-order valence-electron chi connectivity index (χ3n) is 2.20. The molecule has 0 aliphatic heterocycles. The number of halogens is 1. The molecule has 0 N–H and O–H groups in total. The molecule has 0 spiro atoms. The molecule has 1 aromatic rings. The summed E-state index contributed by atoms with van der Waals surface area (Å²) in [5, 5.41) is 8.97. The van der Waals surface area contributed by atoms with Crippen LogP contribution in [0.3, 0.4) is 0 Å². The summed E-state index contributed by atoms with van der Waals surface area (Å²) in [6.45, 7) is 0. The predicted octanol–water partition coefficient (Wildman–Crippen LogP) is 2.30. The van der Waals surface area contributed by atoms with Crippen molar-refractivity contribution >= 4 is 30.2 Å². The molecule has 0 atom stereocenters. The number of nitrogens with zero attached hydrogens (tertiary/aromatic N) is 1. The van der Waals surface area contributed by atoms with Crippen molar-refractivity contribution < 1.29 is 9.53 Å². The minimum Gasteiger partial charge on any atom is -0.469 e. The molecule has 0 fully saturated rings. The minimum atomic E-state index is -0.359. The van der Waals surface area contributed by atoms with Crippen molar-refractivity contribution in [2.45, 2.75) is 17.2 Å². The van der Waals surface area contributed by atoms with Gasteiger partial charge in [-0.1, -0.05) is 6.07 Å². The van der Waals surface area contributed by atoms with E-state index in [0.29, 0.717) is 21.6 Å². The topological polar surface area (TPSA) is 50.1 Å².